The van der Waals surface area contributed by atoms with Crippen molar-refractivity contribution in [1.29, 1.82) is 0 Å². The molecule has 1 aromatic carbocycles. The first kappa shape index (κ1) is 11.3. The number of halogens is 2. The van der Waals surface area contributed by atoms with E-state index in [4.69, 9.17) is 28.9 Å². The molecule has 0 unspecified atom stereocenters. The maximum atomic E-state index is 11.2. The highest BCUT2D eigenvalue weighted by atomic mass is 35.5. The minimum atomic E-state index is -0.170. The summed E-state index contributed by atoms with van der Waals surface area (Å²) in [6.07, 6.45) is 0.267. The van der Waals surface area contributed by atoms with Crippen molar-refractivity contribution in [3.05, 3.63) is 28.2 Å². The monoisotopic (exact) mass is 232 g/mol. The topological polar surface area (TPSA) is 55.1 Å². The summed E-state index contributed by atoms with van der Waals surface area (Å²) in [5.74, 6) is -0.170. The Morgan fingerprint density at radius 2 is 2.14 bits per heavy atom. The number of carbonyl (C=O) groups excluding carboxylic acids is 1. The second-order valence-corrected chi connectivity index (χ2v) is 3.47. The molecule has 5 heteroatoms. The Hall–Kier alpha value is -0.770. The van der Waals surface area contributed by atoms with E-state index in [2.05, 4.69) is 5.32 Å². The first-order chi connectivity index (χ1) is 6.65. The maximum absolute atomic E-state index is 11.2. The lowest BCUT2D eigenvalue weighted by atomic mass is 10.3. The van der Waals surface area contributed by atoms with Crippen molar-refractivity contribution >= 4 is 34.8 Å². The van der Waals surface area contributed by atoms with Crippen LogP contribution in [0.2, 0.25) is 10.0 Å². The first-order valence-electron chi connectivity index (χ1n) is 4.09. The van der Waals surface area contributed by atoms with Gasteiger partial charge in [-0.25, -0.2) is 0 Å². The van der Waals surface area contributed by atoms with Crippen molar-refractivity contribution in [3.8, 4) is 0 Å². The number of carbonyl (C=O) groups is 1. The van der Waals surface area contributed by atoms with Crippen molar-refractivity contribution in [2.24, 2.45) is 5.73 Å². The van der Waals surface area contributed by atoms with Crippen LogP contribution < -0.4 is 11.1 Å². The van der Waals surface area contributed by atoms with Gasteiger partial charge in [-0.15, -0.1) is 0 Å². The Balaban J connectivity index is 2.76. The lowest BCUT2D eigenvalue weighted by Gasteiger charge is -2.06. The largest absolute Gasteiger partial charge is 0.330 e. The third kappa shape index (κ3) is 2.87. The van der Waals surface area contributed by atoms with Crippen molar-refractivity contribution in [1.82, 2.24) is 0 Å². The predicted octanol–water partition coefficient (Wildman–Crippen LogP) is 2.28. The van der Waals surface area contributed by atoms with Gasteiger partial charge >= 0.3 is 0 Å². The molecule has 1 aromatic rings. The SMILES string of the molecule is NCCC(=O)Nc1cccc(Cl)c1Cl. The van der Waals surface area contributed by atoms with Crippen LogP contribution in [0, 0.1) is 0 Å². The summed E-state index contributed by atoms with van der Waals surface area (Å²) in [6.45, 7) is 0.310. The Morgan fingerprint density at radius 3 is 2.79 bits per heavy atom. The molecule has 0 aliphatic carbocycles. The van der Waals surface area contributed by atoms with Crippen LogP contribution in [0.1, 0.15) is 6.42 Å². The van der Waals surface area contributed by atoms with Crippen LogP contribution in [-0.4, -0.2) is 12.5 Å². The van der Waals surface area contributed by atoms with Gasteiger partial charge < -0.3 is 11.1 Å². The number of rotatable bonds is 3. The van der Waals surface area contributed by atoms with Crippen LogP contribution in [0.5, 0.6) is 0 Å². The average molecular weight is 233 g/mol. The highest BCUT2D eigenvalue weighted by Gasteiger charge is 2.06. The van der Waals surface area contributed by atoms with Gasteiger partial charge in [0.25, 0.3) is 0 Å². The molecule has 0 heterocycles. The fourth-order valence-electron chi connectivity index (χ4n) is 0.944. The average Bonchev–Trinajstić information content (AvgIpc) is 2.13. The summed E-state index contributed by atoms with van der Waals surface area (Å²) in [5.41, 5.74) is 5.74. The van der Waals surface area contributed by atoms with Gasteiger partial charge in [0.1, 0.15) is 0 Å². The van der Waals surface area contributed by atoms with Crippen molar-refractivity contribution < 1.29 is 4.79 Å². The van der Waals surface area contributed by atoms with Crippen LogP contribution in [0.4, 0.5) is 5.69 Å². The summed E-state index contributed by atoms with van der Waals surface area (Å²) >= 11 is 11.6. The highest BCUT2D eigenvalue weighted by molar-refractivity contribution is 6.43. The number of nitrogens with one attached hydrogen (secondary N) is 1. The number of nitrogens with two attached hydrogens (primary N) is 1. The molecule has 3 nitrogen and oxygen atoms in total. The van der Waals surface area contributed by atoms with Crippen LogP contribution >= 0.6 is 23.2 Å². The highest BCUT2D eigenvalue weighted by Crippen LogP contribution is 2.29. The molecule has 3 N–H and O–H groups in total. The number of amides is 1. The molecule has 0 spiro atoms. The molecule has 0 aromatic heterocycles. The zero-order valence-corrected chi connectivity index (χ0v) is 8.90. The van der Waals surface area contributed by atoms with E-state index in [0.717, 1.165) is 0 Å². The number of hydrogen-bond donors (Lipinski definition) is 2. The summed E-state index contributed by atoms with van der Waals surface area (Å²) < 4.78 is 0. The van der Waals surface area contributed by atoms with E-state index >= 15 is 0 Å². The summed E-state index contributed by atoms with van der Waals surface area (Å²) in [7, 11) is 0. The van der Waals surface area contributed by atoms with Crippen LogP contribution in [0.15, 0.2) is 18.2 Å². The molecule has 76 valence electrons. The number of benzene rings is 1. The standard InChI is InChI=1S/C9H10Cl2N2O/c10-6-2-1-3-7(9(6)11)13-8(14)4-5-12/h1-3H,4-5,12H2,(H,13,14). The molecule has 1 rings (SSSR count). The van der Waals surface area contributed by atoms with Crippen LogP contribution in [0.25, 0.3) is 0 Å². The third-order valence-corrected chi connectivity index (χ3v) is 2.42. The van der Waals surface area contributed by atoms with E-state index in [-0.39, 0.29) is 12.3 Å². The Bertz CT molecular complexity index is 342. The van der Waals surface area contributed by atoms with Gasteiger partial charge in [0.15, 0.2) is 0 Å². The number of hydrogen-bond acceptors (Lipinski definition) is 2. The molecule has 0 fully saturated rings. The Morgan fingerprint density at radius 1 is 1.43 bits per heavy atom. The van der Waals surface area contributed by atoms with Crippen molar-refractivity contribution in [2.75, 3.05) is 11.9 Å². The molecule has 0 aliphatic rings. The number of anilines is 1. The molecule has 0 bridgehead atoms. The van der Waals surface area contributed by atoms with Gasteiger partial charge in [-0.05, 0) is 12.1 Å². The fraction of sp³-hybridized carbons (Fsp3) is 0.222. The van der Waals surface area contributed by atoms with Gasteiger partial charge in [-0.1, -0.05) is 29.3 Å². The summed E-state index contributed by atoms with van der Waals surface area (Å²) in [5, 5.41) is 3.38. The molecule has 0 radical (unpaired) electrons. The minimum Gasteiger partial charge on any atom is -0.330 e. The molecular formula is C9H10Cl2N2O. The van der Waals surface area contributed by atoms with E-state index in [9.17, 15) is 4.79 Å². The molecule has 0 atom stereocenters. The lowest BCUT2D eigenvalue weighted by molar-refractivity contribution is -0.116. The summed E-state index contributed by atoms with van der Waals surface area (Å²) in [4.78, 5) is 11.2. The quantitative estimate of drug-likeness (QED) is 0.841. The van der Waals surface area contributed by atoms with Crippen molar-refractivity contribution in [3.63, 3.8) is 0 Å². The molecule has 14 heavy (non-hydrogen) atoms. The van der Waals surface area contributed by atoms with Gasteiger partial charge in [-0.3, -0.25) is 4.79 Å². The van der Waals surface area contributed by atoms with E-state index in [1.807, 2.05) is 0 Å². The van der Waals surface area contributed by atoms with E-state index in [1.54, 1.807) is 18.2 Å². The third-order valence-electron chi connectivity index (χ3n) is 1.60. The van der Waals surface area contributed by atoms with Crippen molar-refractivity contribution in [2.45, 2.75) is 6.42 Å². The smallest absolute Gasteiger partial charge is 0.225 e. The normalized spacial score (nSPS) is 9.93. The predicted molar refractivity (Wildman–Crippen MR) is 58.8 cm³/mol. The Labute approximate surface area is 92.2 Å². The van der Waals surface area contributed by atoms with Gasteiger partial charge in [0.2, 0.25) is 5.91 Å². The Kier molecular flexibility index (Phi) is 4.20. The zero-order valence-electron chi connectivity index (χ0n) is 7.39. The first-order valence-corrected chi connectivity index (χ1v) is 4.84. The molecule has 0 saturated heterocycles. The minimum absolute atomic E-state index is 0.170. The van der Waals surface area contributed by atoms with E-state index < -0.39 is 0 Å². The zero-order chi connectivity index (χ0) is 10.6. The van der Waals surface area contributed by atoms with Crippen LogP contribution in [-0.2, 0) is 4.79 Å². The fourth-order valence-corrected chi connectivity index (χ4v) is 1.29. The van der Waals surface area contributed by atoms with Gasteiger partial charge in [0.05, 0.1) is 15.7 Å². The van der Waals surface area contributed by atoms with E-state index in [1.165, 1.54) is 0 Å². The summed E-state index contributed by atoms with van der Waals surface area (Å²) in [6, 6.07) is 5.05. The lowest BCUT2D eigenvalue weighted by Crippen LogP contribution is -2.16. The van der Waals surface area contributed by atoms with Gasteiger partial charge in [0, 0.05) is 13.0 Å². The van der Waals surface area contributed by atoms with Crippen LogP contribution in [0.3, 0.4) is 0 Å². The second kappa shape index (κ2) is 5.20. The van der Waals surface area contributed by atoms with Gasteiger partial charge in [-0.2, -0.15) is 0 Å². The molecule has 1 amide bonds. The molecule has 0 saturated carbocycles. The molecular weight excluding hydrogens is 223 g/mol. The second-order valence-electron chi connectivity index (χ2n) is 2.69. The van der Waals surface area contributed by atoms with E-state index in [0.29, 0.717) is 22.3 Å². The molecule has 0 aliphatic heterocycles. The maximum Gasteiger partial charge on any atom is 0.225 e.